The molecule has 2 aromatic heterocycles. The summed E-state index contributed by atoms with van der Waals surface area (Å²) in [5.41, 5.74) is 3.15. The first-order valence-corrected chi connectivity index (χ1v) is 9.36. The van der Waals surface area contributed by atoms with Gasteiger partial charge in [0.15, 0.2) is 0 Å². The largest absolute Gasteiger partial charge is 0.368 e. The Morgan fingerprint density at radius 3 is 2.96 bits per heavy atom. The lowest BCUT2D eigenvalue weighted by molar-refractivity contribution is -0.138. The van der Waals surface area contributed by atoms with Crippen LogP contribution in [0.4, 0.5) is 5.69 Å². The highest BCUT2D eigenvalue weighted by Gasteiger charge is 2.45. The first-order chi connectivity index (χ1) is 12.1. The van der Waals surface area contributed by atoms with Crippen molar-refractivity contribution < 1.29 is 4.79 Å². The van der Waals surface area contributed by atoms with Crippen LogP contribution < -0.4 is 4.90 Å². The minimum absolute atomic E-state index is 0.225. The second-order valence-electron chi connectivity index (χ2n) is 8.05. The minimum Gasteiger partial charge on any atom is -0.368 e. The molecule has 132 valence electrons. The van der Waals surface area contributed by atoms with Gasteiger partial charge in [-0.3, -0.25) is 4.79 Å². The second-order valence-corrected chi connectivity index (χ2v) is 8.05. The number of aryl methyl sites for hydroxylation is 1. The summed E-state index contributed by atoms with van der Waals surface area (Å²) in [5, 5.41) is 12.8. The summed E-state index contributed by atoms with van der Waals surface area (Å²) in [7, 11) is 0. The molecule has 5 rings (SSSR count). The standard InChI is InChI=1S/C18H24N6O/c1-13-9-15(17-20-19-12-24(17)21-13)22-8-2-6-18(10-22)7-5-16(25)23(11-18)14-3-4-14/h9,12,14H,2-8,10-11H2,1H3. The van der Waals surface area contributed by atoms with Crippen molar-refractivity contribution in [3.05, 3.63) is 18.1 Å². The number of anilines is 1. The summed E-state index contributed by atoms with van der Waals surface area (Å²) in [6.07, 6.45) is 8.14. The Balaban J connectivity index is 1.45. The van der Waals surface area contributed by atoms with Crippen LogP contribution in [0.3, 0.4) is 0 Å². The molecule has 25 heavy (non-hydrogen) atoms. The van der Waals surface area contributed by atoms with Gasteiger partial charge in [0, 0.05) is 37.5 Å². The monoisotopic (exact) mass is 340 g/mol. The average Bonchev–Trinajstić information content (AvgIpc) is 3.35. The predicted octanol–water partition coefficient (Wildman–Crippen LogP) is 1.80. The number of amides is 1. The van der Waals surface area contributed by atoms with Gasteiger partial charge < -0.3 is 9.80 Å². The molecule has 0 radical (unpaired) electrons. The zero-order chi connectivity index (χ0) is 17.0. The van der Waals surface area contributed by atoms with Crippen LogP contribution in [0, 0.1) is 12.3 Å². The first kappa shape index (κ1) is 15.1. The van der Waals surface area contributed by atoms with Gasteiger partial charge in [-0.1, -0.05) is 0 Å². The summed E-state index contributed by atoms with van der Waals surface area (Å²) < 4.78 is 1.77. The Morgan fingerprint density at radius 2 is 2.12 bits per heavy atom. The highest BCUT2D eigenvalue weighted by molar-refractivity contribution is 5.78. The van der Waals surface area contributed by atoms with Crippen molar-refractivity contribution in [2.45, 2.75) is 51.5 Å². The second kappa shape index (κ2) is 5.41. The molecule has 3 aliphatic rings. The molecule has 7 heteroatoms. The molecule has 1 unspecified atom stereocenters. The number of hydrogen-bond acceptors (Lipinski definition) is 5. The molecule has 2 aromatic rings. The molecule has 1 saturated carbocycles. The topological polar surface area (TPSA) is 66.6 Å². The predicted molar refractivity (Wildman–Crippen MR) is 93.4 cm³/mol. The number of rotatable bonds is 2. The van der Waals surface area contributed by atoms with Gasteiger partial charge in [-0.05, 0) is 45.1 Å². The number of carbonyl (C=O) groups is 1. The number of aromatic nitrogens is 4. The number of hydrogen-bond donors (Lipinski definition) is 0. The quantitative estimate of drug-likeness (QED) is 0.834. The summed E-state index contributed by atoms with van der Waals surface area (Å²) in [4.78, 5) is 16.9. The van der Waals surface area contributed by atoms with Crippen LogP contribution in [0.5, 0.6) is 0 Å². The molecule has 7 nitrogen and oxygen atoms in total. The van der Waals surface area contributed by atoms with Gasteiger partial charge in [0.2, 0.25) is 11.6 Å². The molecule has 1 aliphatic carbocycles. The Labute approximate surface area is 147 Å². The number of piperidine rings is 2. The molecule has 0 aromatic carbocycles. The molecule has 2 saturated heterocycles. The van der Waals surface area contributed by atoms with Crippen LogP contribution >= 0.6 is 0 Å². The van der Waals surface area contributed by atoms with E-state index in [9.17, 15) is 4.79 Å². The summed E-state index contributed by atoms with van der Waals surface area (Å²) in [6.45, 7) is 4.97. The van der Waals surface area contributed by atoms with E-state index in [1.807, 2.05) is 6.92 Å². The Morgan fingerprint density at radius 1 is 1.24 bits per heavy atom. The van der Waals surface area contributed by atoms with E-state index in [1.54, 1.807) is 10.8 Å². The number of carbonyl (C=O) groups excluding carboxylic acids is 1. The maximum atomic E-state index is 12.3. The van der Waals surface area contributed by atoms with E-state index in [0.29, 0.717) is 18.4 Å². The molecule has 3 fully saturated rings. The molecule has 0 bridgehead atoms. The van der Waals surface area contributed by atoms with Crippen molar-refractivity contribution in [2.24, 2.45) is 5.41 Å². The molecule has 1 spiro atoms. The Kier molecular flexibility index (Phi) is 3.27. The lowest BCUT2D eigenvalue weighted by Crippen LogP contribution is -2.54. The van der Waals surface area contributed by atoms with Crippen LogP contribution in [0.1, 0.15) is 44.2 Å². The zero-order valence-corrected chi connectivity index (χ0v) is 14.7. The van der Waals surface area contributed by atoms with Gasteiger partial charge in [0.1, 0.15) is 6.33 Å². The van der Waals surface area contributed by atoms with Crippen molar-refractivity contribution in [1.29, 1.82) is 0 Å². The SMILES string of the molecule is Cc1cc(N2CCCC3(CCC(=O)N(C4CC4)C3)C2)c2nncn2n1. The first-order valence-electron chi connectivity index (χ1n) is 9.36. The van der Waals surface area contributed by atoms with E-state index in [-0.39, 0.29) is 5.41 Å². The summed E-state index contributed by atoms with van der Waals surface area (Å²) in [5.74, 6) is 0.366. The molecule has 0 N–H and O–H groups in total. The molecule has 4 heterocycles. The minimum atomic E-state index is 0.225. The number of likely N-dealkylation sites (tertiary alicyclic amines) is 1. The summed E-state index contributed by atoms with van der Waals surface area (Å²) >= 11 is 0. The van der Waals surface area contributed by atoms with E-state index < -0.39 is 0 Å². The highest BCUT2D eigenvalue weighted by Crippen LogP contribution is 2.43. The van der Waals surface area contributed by atoms with Crippen molar-refractivity contribution in [2.75, 3.05) is 24.5 Å². The molecule has 1 atom stereocenters. The van der Waals surface area contributed by atoms with Gasteiger partial charge in [0.05, 0.1) is 11.4 Å². The van der Waals surface area contributed by atoms with Crippen molar-refractivity contribution in [1.82, 2.24) is 24.7 Å². The lowest BCUT2D eigenvalue weighted by atomic mass is 9.73. The highest BCUT2D eigenvalue weighted by atomic mass is 16.2. The van der Waals surface area contributed by atoms with Crippen molar-refractivity contribution >= 4 is 17.2 Å². The van der Waals surface area contributed by atoms with E-state index in [1.165, 1.54) is 19.3 Å². The molecular weight excluding hydrogens is 316 g/mol. The lowest BCUT2D eigenvalue weighted by Gasteiger charge is -2.49. The van der Waals surface area contributed by atoms with Gasteiger partial charge in [0.25, 0.3) is 0 Å². The van der Waals surface area contributed by atoms with Crippen LogP contribution in [0.2, 0.25) is 0 Å². The number of nitrogens with zero attached hydrogens (tertiary/aromatic N) is 6. The Hall–Kier alpha value is -2.18. The van der Waals surface area contributed by atoms with Gasteiger partial charge in [-0.2, -0.15) is 9.61 Å². The Bertz CT molecular complexity index is 828. The maximum Gasteiger partial charge on any atom is 0.222 e. The van der Waals surface area contributed by atoms with Crippen LogP contribution in [0.15, 0.2) is 12.4 Å². The normalized spacial score (nSPS) is 27.5. The molecular formula is C18H24N6O. The summed E-state index contributed by atoms with van der Waals surface area (Å²) in [6, 6.07) is 2.64. The third-order valence-corrected chi connectivity index (χ3v) is 6.06. The maximum absolute atomic E-state index is 12.3. The third kappa shape index (κ3) is 2.56. The smallest absolute Gasteiger partial charge is 0.222 e. The van der Waals surface area contributed by atoms with E-state index in [2.05, 4.69) is 31.2 Å². The fourth-order valence-corrected chi connectivity index (χ4v) is 4.68. The van der Waals surface area contributed by atoms with Gasteiger partial charge >= 0.3 is 0 Å². The fraction of sp³-hybridized carbons (Fsp3) is 0.667. The van der Waals surface area contributed by atoms with Crippen LogP contribution in [0.25, 0.3) is 5.65 Å². The van der Waals surface area contributed by atoms with Gasteiger partial charge in [-0.15, -0.1) is 10.2 Å². The fourth-order valence-electron chi connectivity index (χ4n) is 4.68. The van der Waals surface area contributed by atoms with Crippen LogP contribution in [-0.4, -0.2) is 56.3 Å². The van der Waals surface area contributed by atoms with Gasteiger partial charge in [-0.25, -0.2) is 0 Å². The molecule has 1 amide bonds. The van der Waals surface area contributed by atoms with E-state index in [4.69, 9.17) is 0 Å². The van der Waals surface area contributed by atoms with Crippen molar-refractivity contribution in [3.8, 4) is 0 Å². The average molecular weight is 340 g/mol. The van der Waals surface area contributed by atoms with Crippen LogP contribution in [-0.2, 0) is 4.79 Å². The third-order valence-electron chi connectivity index (χ3n) is 6.06. The molecule has 2 aliphatic heterocycles. The number of fused-ring (bicyclic) bond motifs is 1. The van der Waals surface area contributed by atoms with E-state index in [0.717, 1.165) is 49.5 Å². The van der Waals surface area contributed by atoms with Crippen molar-refractivity contribution in [3.63, 3.8) is 0 Å². The van der Waals surface area contributed by atoms with E-state index >= 15 is 0 Å². The zero-order valence-electron chi connectivity index (χ0n) is 14.7.